The first-order chi connectivity index (χ1) is 16.5. The van der Waals surface area contributed by atoms with Gasteiger partial charge in [0, 0.05) is 24.2 Å². The third-order valence-corrected chi connectivity index (χ3v) is 6.30. The Hall–Kier alpha value is -2.93. The van der Waals surface area contributed by atoms with Gasteiger partial charge in [0.15, 0.2) is 23.0 Å². The lowest BCUT2D eigenvalue weighted by molar-refractivity contribution is 0.0858. The highest BCUT2D eigenvalue weighted by atomic mass is 35.5. The largest absolute Gasteiger partial charge is 0.493 e. The van der Waals surface area contributed by atoms with Gasteiger partial charge in [-0.25, -0.2) is 0 Å². The molecule has 1 unspecified atom stereocenters. The van der Waals surface area contributed by atoms with E-state index in [-0.39, 0.29) is 12.8 Å². The van der Waals surface area contributed by atoms with Crippen molar-refractivity contribution in [1.29, 1.82) is 0 Å². The van der Waals surface area contributed by atoms with Crippen LogP contribution in [0, 0.1) is 0 Å². The third kappa shape index (κ3) is 5.76. The standard InChI is InChI=1S/C27H30ClNO5/c1-18(11-19-7-9-24(31-2)26(12-19)32-3)29(16-23(30)21-5-4-6-22(28)14-21)15-20-8-10-25-27(13-20)34-17-33-25/h4-10,12-14,18,23,30H,11,15-17H2,1-3H3/t18-,23?/m1/s1. The van der Waals surface area contributed by atoms with Crippen LogP contribution in [0.4, 0.5) is 0 Å². The molecule has 6 nitrogen and oxygen atoms in total. The minimum atomic E-state index is -0.680. The van der Waals surface area contributed by atoms with Crippen molar-refractivity contribution >= 4 is 11.6 Å². The molecule has 1 heterocycles. The van der Waals surface area contributed by atoms with Crippen molar-refractivity contribution < 1.29 is 24.1 Å². The molecule has 0 saturated heterocycles. The number of methoxy groups -OCH3 is 2. The predicted molar refractivity (Wildman–Crippen MR) is 132 cm³/mol. The zero-order valence-corrected chi connectivity index (χ0v) is 20.4. The van der Waals surface area contributed by atoms with Crippen molar-refractivity contribution in [3.63, 3.8) is 0 Å². The van der Waals surface area contributed by atoms with Crippen molar-refractivity contribution in [3.8, 4) is 23.0 Å². The van der Waals surface area contributed by atoms with Crippen LogP contribution in [0.5, 0.6) is 23.0 Å². The van der Waals surface area contributed by atoms with Gasteiger partial charge in [-0.1, -0.05) is 35.9 Å². The van der Waals surface area contributed by atoms with Gasteiger partial charge in [0.05, 0.1) is 20.3 Å². The lowest BCUT2D eigenvalue weighted by Crippen LogP contribution is -2.37. The third-order valence-electron chi connectivity index (χ3n) is 6.07. The van der Waals surface area contributed by atoms with E-state index in [1.54, 1.807) is 14.2 Å². The molecule has 180 valence electrons. The highest BCUT2D eigenvalue weighted by Crippen LogP contribution is 2.34. The molecule has 0 saturated carbocycles. The molecule has 1 N–H and O–H groups in total. The van der Waals surface area contributed by atoms with Crippen LogP contribution in [0.3, 0.4) is 0 Å². The summed E-state index contributed by atoms with van der Waals surface area (Å²) in [6, 6.07) is 19.4. The van der Waals surface area contributed by atoms with Gasteiger partial charge in [-0.2, -0.15) is 0 Å². The normalized spacial score (nSPS) is 14.2. The first-order valence-corrected chi connectivity index (χ1v) is 11.6. The number of hydrogen-bond donors (Lipinski definition) is 1. The minimum absolute atomic E-state index is 0.123. The average molecular weight is 484 g/mol. The molecule has 3 aromatic carbocycles. The summed E-state index contributed by atoms with van der Waals surface area (Å²) in [5, 5.41) is 11.6. The molecule has 2 atom stereocenters. The van der Waals surface area contributed by atoms with E-state index in [0.717, 1.165) is 34.6 Å². The number of fused-ring (bicyclic) bond motifs is 1. The van der Waals surface area contributed by atoms with Crippen LogP contribution >= 0.6 is 11.6 Å². The molecule has 3 aromatic rings. The summed E-state index contributed by atoms with van der Waals surface area (Å²) in [7, 11) is 3.27. The molecular formula is C27H30ClNO5. The first-order valence-electron chi connectivity index (χ1n) is 11.2. The zero-order chi connectivity index (χ0) is 24.1. The number of aliphatic hydroxyl groups is 1. The van der Waals surface area contributed by atoms with E-state index in [9.17, 15) is 5.11 Å². The number of halogens is 1. The molecule has 1 aliphatic heterocycles. The smallest absolute Gasteiger partial charge is 0.231 e. The molecule has 0 bridgehead atoms. The number of aliphatic hydroxyl groups excluding tert-OH is 1. The fourth-order valence-electron chi connectivity index (χ4n) is 4.19. The molecule has 0 radical (unpaired) electrons. The zero-order valence-electron chi connectivity index (χ0n) is 19.7. The van der Waals surface area contributed by atoms with E-state index in [1.165, 1.54) is 0 Å². The van der Waals surface area contributed by atoms with E-state index in [4.69, 9.17) is 30.5 Å². The van der Waals surface area contributed by atoms with E-state index in [0.29, 0.717) is 29.6 Å². The second kappa shape index (κ2) is 11.0. The summed E-state index contributed by atoms with van der Waals surface area (Å²) in [6.45, 7) is 3.49. The predicted octanol–water partition coefficient (Wildman–Crippen LogP) is 5.25. The van der Waals surface area contributed by atoms with E-state index in [1.807, 2.05) is 60.7 Å². The van der Waals surface area contributed by atoms with Crippen LogP contribution in [-0.4, -0.2) is 43.6 Å². The molecule has 0 amide bonds. The fourth-order valence-corrected chi connectivity index (χ4v) is 4.39. The van der Waals surface area contributed by atoms with Gasteiger partial charge in [-0.15, -0.1) is 0 Å². The number of ether oxygens (including phenoxy) is 4. The van der Waals surface area contributed by atoms with Crippen molar-refractivity contribution in [2.24, 2.45) is 0 Å². The maximum absolute atomic E-state index is 11.0. The number of nitrogens with zero attached hydrogens (tertiary/aromatic N) is 1. The number of benzene rings is 3. The summed E-state index contributed by atoms with van der Waals surface area (Å²) in [6.07, 6.45) is 0.0910. The topological polar surface area (TPSA) is 60.4 Å². The lowest BCUT2D eigenvalue weighted by Gasteiger charge is -2.31. The van der Waals surface area contributed by atoms with Gasteiger partial charge in [0.25, 0.3) is 0 Å². The van der Waals surface area contributed by atoms with Crippen LogP contribution in [0.15, 0.2) is 60.7 Å². The Morgan fingerprint density at radius 1 is 0.941 bits per heavy atom. The molecule has 0 spiro atoms. The lowest BCUT2D eigenvalue weighted by atomic mass is 10.0. The number of rotatable bonds is 10. The van der Waals surface area contributed by atoms with Gasteiger partial charge in [0.1, 0.15) is 0 Å². The highest BCUT2D eigenvalue weighted by Gasteiger charge is 2.22. The van der Waals surface area contributed by atoms with Crippen LogP contribution in [0.1, 0.15) is 29.7 Å². The first kappa shape index (κ1) is 24.2. The van der Waals surface area contributed by atoms with Gasteiger partial charge in [-0.3, -0.25) is 4.90 Å². The van der Waals surface area contributed by atoms with E-state index in [2.05, 4.69) is 11.8 Å². The maximum Gasteiger partial charge on any atom is 0.231 e. The quantitative estimate of drug-likeness (QED) is 0.425. The van der Waals surface area contributed by atoms with Crippen LogP contribution < -0.4 is 18.9 Å². The van der Waals surface area contributed by atoms with Crippen molar-refractivity contribution in [3.05, 3.63) is 82.4 Å². The molecule has 0 aliphatic carbocycles. The highest BCUT2D eigenvalue weighted by molar-refractivity contribution is 6.30. The van der Waals surface area contributed by atoms with Crippen LogP contribution in [-0.2, 0) is 13.0 Å². The SMILES string of the molecule is COc1ccc(C[C@@H](C)N(Cc2ccc3c(c2)OCO3)CC(O)c2cccc(Cl)c2)cc1OC. The molecule has 34 heavy (non-hydrogen) atoms. The van der Waals surface area contributed by atoms with Gasteiger partial charge < -0.3 is 24.1 Å². The minimum Gasteiger partial charge on any atom is -0.493 e. The van der Waals surface area contributed by atoms with Crippen molar-refractivity contribution in [2.45, 2.75) is 32.0 Å². The molecule has 7 heteroatoms. The second-order valence-electron chi connectivity index (χ2n) is 8.43. The second-order valence-corrected chi connectivity index (χ2v) is 8.87. The Kier molecular flexibility index (Phi) is 7.83. The van der Waals surface area contributed by atoms with Crippen molar-refractivity contribution in [1.82, 2.24) is 4.90 Å². The number of hydrogen-bond acceptors (Lipinski definition) is 6. The summed E-state index contributed by atoms with van der Waals surface area (Å²) >= 11 is 6.16. The average Bonchev–Trinajstić information content (AvgIpc) is 3.31. The molecule has 0 aromatic heterocycles. The Bertz CT molecular complexity index is 1120. The van der Waals surface area contributed by atoms with E-state index >= 15 is 0 Å². The molecule has 4 rings (SSSR count). The summed E-state index contributed by atoms with van der Waals surface area (Å²) < 4.78 is 21.8. The maximum atomic E-state index is 11.0. The summed E-state index contributed by atoms with van der Waals surface area (Å²) in [4.78, 5) is 2.26. The fraction of sp³-hybridized carbons (Fsp3) is 0.333. The van der Waals surface area contributed by atoms with Crippen LogP contribution in [0.2, 0.25) is 5.02 Å². The molecule has 0 fully saturated rings. The Labute approximate surface area is 205 Å². The van der Waals surface area contributed by atoms with Crippen molar-refractivity contribution in [2.75, 3.05) is 27.6 Å². The van der Waals surface area contributed by atoms with Gasteiger partial charge >= 0.3 is 0 Å². The summed E-state index contributed by atoms with van der Waals surface area (Å²) in [5.74, 6) is 2.91. The molecular weight excluding hydrogens is 454 g/mol. The monoisotopic (exact) mass is 483 g/mol. The Morgan fingerprint density at radius 2 is 1.71 bits per heavy atom. The Balaban J connectivity index is 1.55. The summed E-state index contributed by atoms with van der Waals surface area (Å²) in [5.41, 5.74) is 3.00. The Morgan fingerprint density at radius 3 is 2.47 bits per heavy atom. The van der Waals surface area contributed by atoms with Crippen LogP contribution in [0.25, 0.3) is 0 Å². The van der Waals surface area contributed by atoms with E-state index < -0.39 is 6.10 Å². The molecule has 1 aliphatic rings. The van der Waals surface area contributed by atoms with Gasteiger partial charge in [-0.05, 0) is 66.4 Å². The van der Waals surface area contributed by atoms with Gasteiger partial charge in [0.2, 0.25) is 6.79 Å².